The summed E-state index contributed by atoms with van der Waals surface area (Å²) in [4.78, 5) is 44.7. The monoisotopic (exact) mass is 691 g/mol. The third kappa shape index (κ3) is 15.3. The van der Waals surface area contributed by atoms with Crippen LogP contribution in [0.3, 0.4) is 0 Å². The van der Waals surface area contributed by atoms with E-state index in [0.29, 0.717) is 0 Å². The van der Waals surface area contributed by atoms with Gasteiger partial charge in [0.2, 0.25) is 11.8 Å². The number of nitrogens with two attached hydrogens (primary N) is 2. The molecular weight excluding hydrogens is 616 g/mol. The van der Waals surface area contributed by atoms with Crippen molar-refractivity contribution in [3.63, 3.8) is 0 Å². The quantitative estimate of drug-likeness (QED) is 0.0548. The van der Waals surface area contributed by atoms with Gasteiger partial charge in [-0.2, -0.15) is 0 Å². The predicted octanol–water partition coefficient (Wildman–Crippen LogP) is 10.2. The van der Waals surface area contributed by atoms with E-state index < -0.39 is 11.9 Å². The van der Waals surface area contributed by atoms with Gasteiger partial charge in [0.1, 0.15) is 0 Å². The van der Waals surface area contributed by atoms with Crippen LogP contribution in [0.15, 0.2) is 0 Å². The fourth-order valence-corrected chi connectivity index (χ4v) is 7.67. The second-order valence-corrected chi connectivity index (χ2v) is 16.5. The van der Waals surface area contributed by atoms with Gasteiger partial charge in [-0.1, -0.05) is 136 Å². The molecule has 6 N–H and O–H groups in total. The number of carboxylic acids is 2. The molecule has 0 spiro atoms. The number of carboxylic acid groups (broad SMARTS) is 2. The van der Waals surface area contributed by atoms with Gasteiger partial charge in [-0.25, -0.2) is 0 Å². The number of primary amides is 2. The second kappa shape index (κ2) is 21.3. The Morgan fingerprint density at radius 2 is 0.510 bits per heavy atom. The molecule has 2 amide bonds. The minimum Gasteiger partial charge on any atom is -0.481 e. The largest absolute Gasteiger partial charge is 0.481 e. The summed E-state index contributed by atoms with van der Waals surface area (Å²) in [6.07, 6.45) is 36.1. The highest BCUT2D eigenvalue weighted by molar-refractivity contribution is 5.84. The smallest absolute Gasteiger partial charge is 0.309 e. The predicted molar refractivity (Wildman–Crippen MR) is 198 cm³/mol. The molecule has 0 aliphatic heterocycles. The van der Waals surface area contributed by atoms with Crippen molar-refractivity contribution >= 4 is 23.8 Å². The van der Waals surface area contributed by atoms with Gasteiger partial charge in [-0.15, -0.1) is 0 Å². The Morgan fingerprint density at radius 1 is 0.347 bits per heavy atom. The molecule has 4 saturated carbocycles. The molecule has 0 aromatic carbocycles. The van der Waals surface area contributed by atoms with E-state index in [-0.39, 0.29) is 40.9 Å². The average molecular weight is 691 g/mol. The fourth-order valence-electron chi connectivity index (χ4n) is 7.67. The maximum absolute atomic E-state index is 11.3. The molecular formula is C41H74N2O6. The van der Waals surface area contributed by atoms with E-state index in [1.54, 1.807) is 0 Å². The summed E-state index contributed by atoms with van der Waals surface area (Å²) in [6, 6.07) is 0. The molecule has 0 aromatic heterocycles. The van der Waals surface area contributed by atoms with E-state index in [2.05, 4.69) is 0 Å². The summed E-state index contributed by atoms with van der Waals surface area (Å²) in [7, 11) is 0. The van der Waals surface area contributed by atoms with Crippen LogP contribution in [0.25, 0.3) is 0 Å². The zero-order chi connectivity index (χ0) is 34.9. The lowest BCUT2D eigenvalue weighted by molar-refractivity contribution is -0.144. The SMILES string of the molecule is C.NC(=O)C1(CCCCCCCCCCCCC2(C(N)=O)CC2)CC1.O=C(O)C1(CCCCCCCCCCCCC2(C(=O)O)CC2)CC1. The Kier molecular flexibility index (Phi) is 18.7. The van der Waals surface area contributed by atoms with Crippen LogP contribution in [0.5, 0.6) is 0 Å². The van der Waals surface area contributed by atoms with Crippen LogP contribution in [-0.4, -0.2) is 34.0 Å². The van der Waals surface area contributed by atoms with Crippen LogP contribution < -0.4 is 11.5 Å². The fraction of sp³-hybridized carbons (Fsp3) is 0.902. The first-order chi connectivity index (χ1) is 23.0. The summed E-state index contributed by atoms with van der Waals surface area (Å²) < 4.78 is 0. The topological polar surface area (TPSA) is 161 Å². The highest BCUT2D eigenvalue weighted by Gasteiger charge is 2.50. The van der Waals surface area contributed by atoms with E-state index in [1.807, 2.05) is 0 Å². The molecule has 4 aliphatic carbocycles. The normalized spacial score (nSPS) is 19.4. The van der Waals surface area contributed by atoms with E-state index in [1.165, 1.54) is 103 Å². The standard InChI is InChI=1S/C20H36N2O2.C20H34O4.CH4/c21-17(23)19(13-14-19)11-9-7-5-3-1-2-4-6-8-10-12-20(15-16-20)18(22)24;21-17(22)19(13-14-19)11-9-7-5-3-1-2-4-6-8-10-12-20(15-16-20)18(23)24;/h1-16H2,(H2,21,23)(H2,22,24);1-16H2,(H,21,22)(H,23,24);1H4. The molecule has 4 rings (SSSR count). The molecule has 8 nitrogen and oxygen atoms in total. The minimum atomic E-state index is -0.585. The van der Waals surface area contributed by atoms with E-state index in [0.717, 1.165) is 103 Å². The van der Waals surface area contributed by atoms with Crippen LogP contribution in [0.1, 0.15) is 213 Å². The lowest BCUT2D eigenvalue weighted by Gasteiger charge is -2.10. The molecule has 0 unspecified atom stereocenters. The second-order valence-electron chi connectivity index (χ2n) is 16.5. The number of unbranched alkanes of at least 4 members (excludes halogenated alkanes) is 18. The Hall–Kier alpha value is -2.12. The van der Waals surface area contributed by atoms with Crippen molar-refractivity contribution in [2.45, 2.75) is 213 Å². The Morgan fingerprint density at radius 3 is 0.653 bits per heavy atom. The molecule has 0 aromatic rings. The Bertz CT molecular complexity index is 849. The lowest BCUT2D eigenvalue weighted by Crippen LogP contribution is -2.24. The van der Waals surface area contributed by atoms with E-state index >= 15 is 0 Å². The zero-order valence-electron chi connectivity index (χ0n) is 30.3. The van der Waals surface area contributed by atoms with Crippen molar-refractivity contribution in [2.75, 3.05) is 0 Å². The summed E-state index contributed by atoms with van der Waals surface area (Å²) in [5.74, 6) is -1.33. The number of carbonyl (C=O) groups is 4. The van der Waals surface area contributed by atoms with Crippen LogP contribution >= 0.6 is 0 Å². The number of aliphatic carboxylic acids is 2. The first-order valence-electron chi connectivity index (χ1n) is 20.1. The molecule has 284 valence electrons. The molecule has 4 aliphatic rings. The van der Waals surface area contributed by atoms with Gasteiger partial charge in [-0.3, -0.25) is 19.2 Å². The van der Waals surface area contributed by atoms with Crippen molar-refractivity contribution in [3.8, 4) is 0 Å². The summed E-state index contributed by atoms with van der Waals surface area (Å²) in [5, 5.41) is 18.2. The third-order valence-electron chi connectivity index (χ3n) is 12.5. The molecule has 0 bridgehead atoms. The molecule has 0 saturated heterocycles. The van der Waals surface area contributed by atoms with Crippen molar-refractivity contribution < 1.29 is 29.4 Å². The minimum absolute atomic E-state index is 0. The van der Waals surface area contributed by atoms with Crippen LogP contribution in [0.2, 0.25) is 0 Å². The van der Waals surface area contributed by atoms with Gasteiger partial charge in [0.05, 0.1) is 10.8 Å². The summed E-state index contributed by atoms with van der Waals surface area (Å²) >= 11 is 0. The number of hydrogen-bond acceptors (Lipinski definition) is 4. The number of hydrogen-bond donors (Lipinski definition) is 4. The lowest BCUT2D eigenvalue weighted by atomic mass is 9.96. The van der Waals surface area contributed by atoms with Gasteiger partial charge in [0.15, 0.2) is 0 Å². The van der Waals surface area contributed by atoms with Gasteiger partial charge in [0.25, 0.3) is 0 Å². The van der Waals surface area contributed by atoms with Crippen molar-refractivity contribution in [3.05, 3.63) is 0 Å². The highest BCUT2D eigenvalue weighted by atomic mass is 16.4. The van der Waals surface area contributed by atoms with Crippen molar-refractivity contribution in [1.82, 2.24) is 0 Å². The third-order valence-corrected chi connectivity index (χ3v) is 12.5. The highest BCUT2D eigenvalue weighted by Crippen LogP contribution is 2.52. The Balaban J connectivity index is 0.000000333. The molecule has 49 heavy (non-hydrogen) atoms. The first-order valence-corrected chi connectivity index (χ1v) is 20.1. The van der Waals surface area contributed by atoms with Crippen LogP contribution in [0.4, 0.5) is 0 Å². The van der Waals surface area contributed by atoms with Gasteiger partial charge in [-0.05, 0) is 77.0 Å². The van der Waals surface area contributed by atoms with E-state index in [4.69, 9.17) is 21.7 Å². The van der Waals surface area contributed by atoms with Gasteiger partial charge < -0.3 is 21.7 Å². The van der Waals surface area contributed by atoms with Crippen LogP contribution in [0, 0.1) is 21.7 Å². The van der Waals surface area contributed by atoms with Crippen molar-refractivity contribution in [2.24, 2.45) is 33.1 Å². The van der Waals surface area contributed by atoms with Crippen molar-refractivity contribution in [1.29, 1.82) is 0 Å². The molecule has 0 atom stereocenters. The molecule has 4 fully saturated rings. The number of rotatable bonds is 30. The maximum atomic E-state index is 11.3. The zero-order valence-corrected chi connectivity index (χ0v) is 30.3. The average Bonchev–Trinajstić information content (AvgIpc) is 3.87. The molecule has 0 radical (unpaired) electrons. The Labute approximate surface area is 298 Å². The van der Waals surface area contributed by atoms with Crippen LogP contribution in [-0.2, 0) is 19.2 Å². The number of carbonyl (C=O) groups excluding carboxylic acids is 2. The van der Waals surface area contributed by atoms with Gasteiger partial charge >= 0.3 is 11.9 Å². The molecule has 0 heterocycles. The first kappa shape index (κ1) is 43.0. The maximum Gasteiger partial charge on any atom is 0.309 e. The van der Waals surface area contributed by atoms with Gasteiger partial charge in [0, 0.05) is 10.8 Å². The van der Waals surface area contributed by atoms with E-state index in [9.17, 15) is 19.2 Å². The molecule has 8 heteroatoms. The summed E-state index contributed by atoms with van der Waals surface area (Å²) in [5.41, 5.74) is 10.0. The number of amides is 2. The summed E-state index contributed by atoms with van der Waals surface area (Å²) in [6.45, 7) is 0.